The average molecular weight is 240 g/mol. The predicted molar refractivity (Wildman–Crippen MR) is 65.1 cm³/mol. The predicted octanol–water partition coefficient (Wildman–Crippen LogP) is 3.76. The number of carbonyl (C=O) groups excluding carboxylic acids is 1. The molecule has 0 aliphatic carbocycles. The molecule has 2 aromatic rings. The zero-order chi connectivity index (χ0) is 11.0. The van der Waals surface area contributed by atoms with Crippen LogP contribution in [0.2, 0.25) is 0 Å². The molecule has 15 heavy (non-hydrogen) atoms. The second-order valence-electron chi connectivity index (χ2n) is 3.36. The van der Waals surface area contributed by atoms with Gasteiger partial charge in [-0.2, -0.15) is 0 Å². The number of hydrogen-bond donors (Lipinski definition) is 0. The lowest BCUT2D eigenvalue weighted by molar-refractivity contribution is 0.0531. The summed E-state index contributed by atoms with van der Waals surface area (Å²) in [6.45, 7) is 6.33. The van der Waals surface area contributed by atoms with Crippen molar-refractivity contribution in [2.75, 3.05) is 6.61 Å². The molecule has 0 N–H and O–H groups in total. The van der Waals surface area contributed by atoms with E-state index in [1.807, 2.05) is 13.8 Å². The maximum Gasteiger partial charge on any atom is 0.348 e. The van der Waals surface area contributed by atoms with E-state index >= 15 is 0 Å². The van der Waals surface area contributed by atoms with E-state index in [2.05, 4.69) is 12.3 Å². The maximum atomic E-state index is 11.6. The molecule has 0 aliphatic rings. The van der Waals surface area contributed by atoms with Crippen molar-refractivity contribution in [1.29, 1.82) is 0 Å². The fourth-order valence-corrected chi connectivity index (χ4v) is 4.04. The van der Waals surface area contributed by atoms with Gasteiger partial charge in [0.2, 0.25) is 0 Å². The molecular formula is C11H12O2S2. The van der Waals surface area contributed by atoms with Gasteiger partial charge in [-0.05, 0) is 37.3 Å². The van der Waals surface area contributed by atoms with E-state index in [0.29, 0.717) is 6.61 Å². The summed E-state index contributed by atoms with van der Waals surface area (Å²) < 4.78 is 6.24. The molecule has 0 bridgehead atoms. The Morgan fingerprint density at radius 3 is 2.80 bits per heavy atom. The van der Waals surface area contributed by atoms with Crippen LogP contribution in [-0.4, -0.2) is 12.6 Å². The van der Waals surface area contributed by atoms with Crippen LogP contribution in [0.1, 0.15) is 27.7 Å². The highest BCUT2D eigenvalue weighted by atomic mass is 32.2. The Morgan fingerprint density at radius 1 is 1.47 bits per heavy atom. The van der Waals surface area contributed by atoms with Crippen molar-refractivity contribution in [3.05, 3.63) is 21.4 Å². The largest absolute Gasteiger partial charge is 0.462 e. The third-order valence-corrected chi connectivity index (χ3v) is 4.81. The number of ether oxygens (including phenoxy) is 1. The van der Waals surface area contributed by atoms with Crippen LogP contribution in [0.5, 0.6) is 0 Å². The summed E-state index contributed by atoms with van der Waals surface area (Å²) >= 11 is 3.23. The van der Waals surface area contributed by atoms with Gasteiger partial charge < -0.3 is 4.74 Å². The first-order valence-electron chi connectivity index (χ1n) is 4.79. The van der Waals surface area contributed by atoms with E-state index in [4.69, 9.17) is 4.74 Å². The van der Waals surface area contributed by atoms with Gasteiger partial charge in [-0.15, -0.1) is 22.7 Å². The number of fused-ring (bicyclic) bond motifs is 1. The second-order valence-corrected chi connectivity index (χ2v) is 5.52. The van der Waals surface area contributed by atoms with Crippen LogP contribution in [0.25, 0.3) is 9.40 Å². The summed E-state index contributed by atoms with van der Waals surface area (Å²) in [5, 5.41) is 3.36. The summed E-state index contributed by atoms with van der Waals surface area (Å²) in [6.07, 6.45) is 0. The van der Waals surface area contributed by atoms with Crippen molar-refractivity contribution in [1.82, 2.24) is 0 Å². The Kier molecular flexibility index (Phi) is 2.80. The molecule has 4 heteroatoms. The summed E-state index contributed by atoms with van der Waals surface area (Å²) in [4.78, 5) is 12.4. The van der Waals surface area contributed by atoms with Gasteiger partial charge >= 0.3 is 5.97 Å². The average Bonchev–Trinajstić information content (AvgIpc) is 2.70. The molecule has 0 fully saturated rings. The Labute approximate surface area is 96.5 Å². The summed E-state index contributed by atoms with van der Waals surface area (Å²) in [5.41, 5.74) is 2.31. The Morgan fingerprint density at radius 2 is 2.20 bits per heavy atom. The van der Waals surface area contributed by atoms with Crippen LogP contribution in [0.4, 0.5) is 0 Å². The minimum absolute atomic E-state index is 0.192. The number of hydrogen-bond acceptors (Lipinski definition) is 4. The summed E-state index contributed by atoms with van der Waals surface area (Å²) in [7, 11) is 0. The van der Waals surface area contributed by atoms with Crippen molar-refractivity contribution >= 4 is 38.0 Å². The van der Waals surface area contributed by atoms with E-state index < -0.39 is 0 Å². The van der Waals surface area contributed by atoms with Gasteiger partial charge in [-0.25, -0.2) is 4.79 Å². The van der Waals surface area contributed by atoms with Crippen molar-refractivity contribution in [3.63, 3.8) is 0 Å². The normalized spacial score (nSPS) is 10.9. The van der Waals surface area contributed by atoms with Crippen molar-refractivity contribution < 1.29 is 9.53 Å². The van der Waals surface area contributed by atoms with E-state index in [0.717, 1.165) is 10.4 Å². The zero-order valence-corrected chi connectivity index (χ0v) is 10.6. The first-order valence-corrected chi connectivity index (χ1v) is 6.49. The minimum atomic E-state index is -0.192. The molecule has 2 nitrogen and oxygen atoms in total. The lowest BCUT2D eigenvalue weighted by Crippen LogP contribution is -2.03. The van der Waals surface area contributed by atoms with Crippen LogP contribution in [-0.2, 0) is 4.74 Å². The highest BCUT2D eigenvalue weighted by Crippen LogP contribution is 2.37. The Balaban J connectivity index is 2.53. The van der Waals surface area contributed by atoms with Crippen LogP contribution < -0.4 is 0 Å². The van der Waals surface area contributed by atoms with Crippen molar-refractivity contribution in [2.45, 2.75) is 20.8 Å². The van der Waals surface area contributed by atoms with Crippen molar-refractivity contribution in [3.8, 4) is 0 Å². The van der Waals surface area contributed by atoms with Gasteiger partial charge in [0.25, 0.3) is 0 Å². The topological polar surface area (TPSA) is 26.3 Å². The molecule has 0 amide bonds. The summed E-state index contributed by atoms with van der Waals surface area (Å²) in [6, 6.07) is 0. The number of esters is 1. The molecule has 0 atom stereocenters. The van der Waals surface area contributed by atoms with Gasteiger partial charge in [0.1, 0.15) is 4.88 Å². The van der Waals surface area contributed by atoms with E-state index in [-0.39, 0.29) is 5.97 Å². The zero-order valence-electron chi connectivity index (χ0n) is 8.92. The Hall–Kier alpha value is -0.870. The number of carbonyl (C=O) groups is 1. The molecule has 2 heterocycles. The second kappa shape index (κ2) is 3.94. The van der Waals surface area contributed by atoms with Crippen LogP contribution in [0, 0.1) is 13.8 Å². The lowest BCUT2D eigenvalue weighted by atomic mass is 10.1. The third kappa shape index (κ3) is 1.68. The third-order valence-electron chi connectivity index (χ3n) is 2.31. The molecule has 2 rings (SSSR count). The first-order chi connectivity index (χ1) is 7.15. The Bertz CT molecular complexity index is 508. The van der Waals surface area contributed by atoms with Crippen LogP contribution >= 0.6 is 22.7 Å². The quantitative estimate of drug-likeness (QED) is 0.747. The number of aryl methyl sites for hydroxylation is 2. The maximum absolute atomic E-state index is 11.6. The molecule has 0 aromatic carbocycles. The van der Waals surface area contributed by atoms with Gasteiger partial charge in [0.05, 0.1) is 10.6 Å². The first kappa shape index (κ1) is 10.6. The van der Waals surface area contributed by atoms with Crippen molar-refractivity contribution in [2.24, 2.45) is 0 Å². The summed E-state index contributed by atoms with van der Waals surface area (Å²) in [5.74, 6) is -0.192. The SMILES string of the molecule is CCOC(=O)c1sc2scc(C)c2c1C. The number of thiophene rings is 2. The minimum Gasteiger partial charge on any atom is -0.462 e. The van der Waals surface area contributed by atoms with Gasteiger partial charge in [-0.1, -0.05) is 0 Å². The number of rotatable bonds is 2. The van der Waals surface area contributed by atoms with Gasteiger partial charge in [0, 0.05) is 5.39 Å². The monoisotopic (exact) mass is 240 g/mol. The fraction of sp³-hybridized carbons (Fsp3) is 0.364. The molecule has 0 saturated carbocycles. The molecule has 0 radical (unpaired) electrons. The molecule has 80 valence electrons. The molecule has 0 unspecified atom stereocenters. The van der Waals surface area contributed by atoms with E-state index in [1.54, 1.807) is 11.3 Å². The molecular weight excluding hydrogens is 228 g/mol. The van der Waals surface area contributed by atoms with Crippen LogP contribution in [0.15, 0.2) is 5.38 Å². The highest BCUT2D eigenvalue weighted by Gasteiger charge is 2.18. The molecule has 0 aliphatic heterocycles. The fourth-order valence-electron chi connectivity index (χ4n) is 1.62. The van der Waals surface area contributed by atoms with Crippen LogP contribution in [0.3, 0.4) is 0 Å². The smallest absolute Gasteiger partial charge is 0.348 e. The molecule has 0 saturated heterocycles. The lowest BCUT2D eigenvalue weighted by Gasteiger charge is -1.99. The standard InChI is InChI=1S/C11H12O2S2/c1-4-13-10(12)9-7(3)8-6(2)5-14-11(8)15-9/h5H,4H2,1-3H3. The highest BCUT2D eigenvalue weighted by molar-refractivity contribution is 7.38. The van der Waals surface area contributed by atoms with E-state index in [1.165, 1.54) is 26.3 Å². The molecule has 0 spiro atoms. The van der Waals surface area contributed by atoms with E-state index in [9.17, 15) is 4.79 Å². The molecule has 2 aromatic heterocycles. The van der Waals surface area contributed by atoms with Gasteiger partial charge in [0.15, 0.2) is 0 Å². The van der Waals surface area contributed by atoms with Gasteiger partial charge in [-0.3, -0.25) is 0 Å².